The van der Waals surface area contributed by atoms with Crippen LogP contribution in [0.25, 0.3) is 0 Å². The first-order valence-electron chi connectivity index (χ1n) is 6.89. The van der Waals surface area contributed by atoms with Crippen molar-refractivity contribution < 1.29 is 9.59 Å². The second kappa shape index (κ2) is 4.68. The number of ketones is 1. The van der Waals surface area contributed by atoms with Gasteiger partial charge in [0, 0.05) is 29.8 Å². The smallest absolute Gasteiger partial charge is 0.255 e. The van der Waals surface area contributed by atoms with Gasteiger partial charge in [-0.25, -0.2) is 0 Å². The number of Topliss-reactive ketones (excluding diaryl/α,β-unsaturated/α-hetero) is 1. The Labute approximate surface area is 112 Å². The van der Waals surface area contributed by atoms with Gasteiger partial charge >= 0.3 is 0 Å². The van der Waals surface area contributed by atoms with E-state index in [0.717, 1.165) is 31.2 Å². The topological polar surface area (TPSA) is 63.4 Å². The van der Waals surface area contributed by atoms with Crippen molar-refractivity contribution in [3.8, 4) is 0 Å². The summed E-state index contributed by atoms with van der Waals surface area (Å²) in [5.74, 6) is 0.166. The minimum Gasteiger partial charge on any atom is -0.398 e. The van der Waals surface area contributed by atoms with E-state index in [1.54, 1.807) is 17.0 Å². The van der Waals surface area contributed by atoms with Gasteiger partial charge in [0.05, 0.1) is 6.04 Å². The molecule has 1 aliphatic heterocycles. The number of hydrogen-bond acceptors (Lipinski definition) is 3. The van der Waals surface area contributed by atoms with E-state index in [2.05, 4.69) is 0 Å². The molecular weight excluding hydrogens is 240 g/mol. The number of carbonyl (C=O) groups is 2. The minimum absolute atomic E-state index is 0.0393. The first-order valence-corrected chi connectivity index (χ1v) is 6.89. The molecule has 0 radical (unpaired) electrons. The molecule has 0 spiro atoms. The van der Waals surface area contributed by atoms with Gasteiger partial charge in [-0.05, 0) is 25.0 Å². The zero-order valence-electron chi connectivity index (χ0n) is 10.9. The summed E-state index contributed by atoms with van der Waals surface area (Å²) in [7, 11) is 0. The number of carbonyl (C=O) groups excluding carboxylic acids is 2. The fourth-order valence-corrected chi connectivity index (χ4v) is 3.10. The largest absolute Gasteiger partial charge is 0.398 e. The van der Waals surface area contributed by atoms with E-state index < -0.39 is 0 Å². The molecule has 1 atom stereocenters. The number of hydrogen-bond donors (Lipinski definition) is 1. The quantitative estimate of drug-likeness (QED) is 0.620. The van der Waals surface area contributed by atoms with Gasteiger partial charge in [-0.3, -0.25) is 9.59 Å². The molecule has 2 aliphatic rings. The first kappa shape index (κ1) is 12.2. The van der Waals surface area contributed by atoms with Gasteiger partial charge in [-0.15, -0.1) is 0 Å². The standard InChI is InChI=1S/C15H18N2O2/c16-12-6-4-5-10-11(12)9-17(15(10)19)13-7-2-1-3-8-14(13)18/h4-6,13H,1-3,7-9,16H2/t13-/m0/s1. The van der Waals surface area contributed by atoms with E-state index in [1.165, 1.54) is 0 Å². The maximum absolute atomic E-state index is 12.4. The third kappa shape index (κ3) is 2.01. The van der Waals surface area contributed by atoms with Gasteiger partial charge in [-0.1, -0.05) is 18.9 Å². The predicted molar refractivity (Wildman–Crippen MR) is 72.6 cm³/mol. The Morgan fingerprint density at radius 1 is 1.16 bits per heavy atom. The summed E-state index contributed by atoms with van der Waals surface area (Å²) in [6.45, 7) is 0.483. The van der Waals surface area contributed by atoms with E-state index >= 15 is 0 Å². The lowest BCUT2D eigenvalue weighted by molar-refractivity contribution is -0.123. The van der Waals surface area contributed by atoms with Crippen molar-refractivity contribution in [3.63, 3.8) is 0 Å². The molecule has 100 valence electrons. The van der Waals surface area contributed by atoms with Crippen LogP contribution in [0.15, 0.2) is 18.2 Å². The van der Waals surface area contributed by atoms with Crippen molar-refractivity contribution in [2.24, 2.45) is 0 Å². The number of rotatable bonds is 1. The van der Waals surface area contributed by atoms with E-state index in [4.69, 9.17) is 5.73 Å². The van der Waals surface area contributed by atoms with Crippen molar-refractivity contribution in [3.05, 3.63) is 29.3 Å². The molecular formula is C15H18N2O2. The molecule has 2 N–H and O–H groups in total. The Hall–Kier alpha value is -1.84. The molecule has 1 amide bonds. The zero-order chi connectivity index (χ0) is 13.4. The van der Waals surface area contributed by atoms with Crippen LogP contribution in [0.3, 0.4) is 0 Å². The highest BCUT2D eigenvalue weighted by Gasteiger charge is 2.37. The molecule has 1 fully saturated rings. The lowest BCUT2D eigenvalue weighted by Gasteiger charge is -2.25. The summed E-state index contributed by atoms with van der Waals surface area (Å²) < 4.78 is 0. The van der Waals surface area contributed by atoms with Crippen molar-refractivity contribution >= 4 is 17.4 Å². The number of fused-ring (bicyclic) bond motifs is 1. The predicted octanol–water partition coefficient (Wildman–Crippen LogP) is 2.13. The van der Waals surface area contributed by atoms with Gasteiger partial charge in [0.25, 0.3) is 5.91 Å². The molecule has 1 aromatic rings. The van der Waals surface area contributed by atoms with Crippen molar-refractivity contribution in [1.82, 2.24) is 4.90 Å². The van der Waals surface area contributed by atoms with Crippen molar-refractivity contribution in [2.45, 2.75) is 44.7 Å². The minimum atomic E-state index is -0.248. The lowest BCUT2D eigenvalue weighted by Crippen LogP contribution is -2.40. The number of amides is 1. The third-order valence-electron chi connectivity index (χ3n) is 4.18. The highest BCUT2D eigenvalue weighted by Crippen LogP contribution is 2.31. The number of anilines is 1. The maximum Gasteiger partial charge on any atom is 0.255 e. The van der Waals surface area contributed by atoms with E-state index in [9.17, 15) is 9.59 Å². The molecule has 0 aromatic heterocycles. The number of nitrogens with two attached hydrogens (primary N) is 1. The summed E-state index contributed by atoms with van der Waals surface area (Å²) in [4.78, 5) is 26.3. The van der Waals surface area contributed by atoms with Crippen molar-refractivity contribution in [1.29, 1.82) is 0 Å². The van der Waals surface area contributed by atoms with E-state index in [0.29, 0.717) is 24.2 Å². The summed E-state index contributed by atoms with van der Waals surface area (Å²) in [5.41, 5.74) is 8.12. The number of benzene rings is 1. The van der Waals surface area contributed by atoms with E-state index in [1.807, 2.05) is 6.07 Å². The molecule has 19 heavy (non-hydrogen) atoms. The van der Waals surface area contributed by atoms with E-state index in [-0.39, 0.29) is 17.7 Å². The molecule has 1 heterocycles. The zero-order valence-corrected chi connectivity index (χ0v) is 10.9. The van der Waals surface area contributed by atoms with Gasteiger partial charge < -0.3 is 10.6 Å². The summed E-state index contributed by atoms with van der Waals surface area (Å²) in [5, 5.41) is 0. The van der Waals surface area contributed by atoms with Gasteiger partial charge in [0.15, 0.2) is 5.78 Å². The van der Waals surface area contributed by atoms with Crippen LogP contribution in [0.5, 0.6) is 0 Å². The lowest BCUT2D eigenvalue weighted by atomic mass is 10.1. The molecule has 1 aliphatic carbocycles. The maximum atomic E-state index is 12.4. The Morgan fingerprint density at radius 2 is 2.00 bits per heavy atom. The van der Waals surface area contributed by atoms with Crippen LogP contribution in [0.4, 0.5) is 5.69 Å². The monoisotopic (exact) mass is 258 g/mol. The highest BCUT2D eigenvalue weighted by molar-refractivity contribution is 6.02. The van der Waals surface area contributed by atoms with Crippen LogP contribution in [-0.4, -0.2) is 22.6 Å². The number of nitrogens with zero attached hydrogens (tertiary/aromatic N) is 1. The molecule has 0 unspecified atom stereocenters. The first-order chi connectivity index (χ1) is 9.18. The fourth-order valence-electron chi connectivity index (χ4n) is 3.10. The van der Waals surface area contributed by atoms with Gasteiger partial charge in [0.1, 0.15) is 0 Å². The van der Waals surface area contributed by atoms with Gasteiger partial charge in [0.2, 0.25) is 0 Å². The normalized spacial score (nSPS) is 23.4. The second-order valence-corrected chi connectivity index (χ2v) is 5.39. The summed E-state index contributed by atoms with van der Waals surface area (Å²) >= 11 is 0. The van der Waals surface area contributed by atoms with Crippen molar-refractivity contribution in [2.75, 3.05) is 5.73 Å². The Bertz CT molecular complexity index is 539. The van der Waals surface area contributed by atoms with Crippen LogP contribution >= 0.6 is 0 Å². The van der Waals surface area contributed by atoms with Crippen LogP contribution in [-0.2, 0) is 11.3 Å². The molecule has 0 bridgehead atoms. The van der Waals surface area contributed by atoms with Gasteiger partial charge in [-0.2, -0.15) is 0 Å². The second-order valence-electron chi connectivity index (χ2n) is 5.39. The molecule has 1 aromatic carbocycles. The molecule has 0 saturated heterocycles. The molecule has 1 saturated carbocycles. The Morgan fingerprint density at radius 3 is 2.79 bits per heavy atom. The van der Waals surface area contributed by atoms with Crippen LogP contribution in [0.1, 0.15) is 48.0 Å². The summed E-state index contributed by atoms with van der Waals surface area (Å²) in [6.07, 6.45) is 4.44. The van der Waals surface area contributed by atoms with Crippen LogP contribution < -0.4 is 5.73 Å². The molecule has 4 heteroatoms. The number of nitrogen functional groups attached to an aromatic ring is 1. The highest BCUT2D eigenvalue weighted by atomic mass is 16.2. The van der Waals surface area contributed by atoms with Crippen LogP contribution in [0.2, 0.25) is 0 Å². The Kier molecular flexibility index (Phi) is 3.01. The molecule has 4 nitrogen and oxygen atoms in total. The molecule has 3 rings (SSSR count). The average molecular weight is 258 g/mol. The summed E-state index contributed by atoms with van der Waals surface area (Å²) in [6, 6.07) is 5.16. The average Bonchev–Trinajstić information content (AvgIpc) is 2.59. The SMILES string of the molecule is Nc1cccc2c1CN([C@H]1CCCCCC1=O)C2=O. The Balaban J connectivity index is 1.90. The van der Waals surface area contributed by atoms with Crippen LogP contribution in [0, 0.1) is 0 Å². The fraction of sp³-hybridized carbons (Fsp3) is 0.467. The third-order valence-corrected chi connectivity index (χ3v) is 4.18.